The van der Waals surface area contributed by atoms with E-state index in [1.54, 1.807) is 19.1 Å². The molecule has 2 aromatic carbocycles. The van der Waals surface area contributed by atoms with Gasteiger partial charge in [0.2, 0.25) is 0 Å². The minimum absolute atomic E-state index is 0.121. The summed E-state index contributed by atoms with van der Waals surface area (Å²) in [5.74, 6) is -0.811. The number of hydrogen-bond donors (Lipinski definition) is 1. The molecule has 6 nitrogen and oxygen atoms in total. The maximum absolute atomic E-state index is 13.1. The molecule has 32 heavy (non-hydrogen) atoms. The Kier molecular flexibility index (Phi) is 6.89. The van der Waals surface area contributed by atoms with Crippen molar-refractivity contribution >= 4 is 56.8 Å². The number of carbonyl (C=O) groups is 2. The number of alkyl halides is 3. The summed E-state index contributed by atoms with van der Waals surface area (Å²) in [7, 11) is 1.47. The summed E-state index contributed by atoms with van der Waals surface area (Å²) in [6.45, 7) is 2.14. The van der Waals surface area contributed by atoms with Gasteiger partial charge in [0, 0.05) is 4.47 Å². The fourth-order valence-electron chi connectivity index (χ4n) is 2.96. The van der Waals surface area contributed by atoms with Gasteiger partial charge < -0.3 is 9.47 Å². The molecule has 1 aliphatic heterocycles. The summed E-state index contributed by atoms with van der Waals surface area (Å²) in [4.78, 5) is 26.5. The van der Waals surface area contributed by atoms with Crippen LogP contribution in [-0.2, 0) is 15.8 Å². The van der Waals surface area contributed by atoms with Crippen molar-refractivity contribution in [2.45, 2.75) is 13.1 Å². The number of ether oxygens (including phenoxy) is 2. The molecule has 0 bridgehead atoms. The van der Waals surface area contributed by atoms with Crippen molar-refractivity contribution in [1.29, 1.82) is 0 Å². The highest BCUT2D eigenvalue weighted by molar-refractivity contribution is 9.10. The van der Waals surface area contributed by atoms with E-state index in [-0.39, 0.29) is 16.4 Å². The number of nitrogens with one attached hydrogen (secondary N) is 1. The Morgan fingerprint density at radius 1 is 1.19 bits per heavy atom. The number of rotatable bonds is 5. The molecule has 11 heteroatoms. The van der Waals surface area contributed by atoms with E-state index in [2.05, 4.69) is 21.2 Å². The zero-order chi connectivity index (χ0) is 23.6. The number of benzene rings is 2. The minimum atomic E-state index is -4.61. The number of hydrogen-bond acceptors (Lipinski definition) is 5. The zero-order valence-corrected chi connectivity index (χ0v) is 19.2. The molecule has 168 valence electrons. The molecule has 1 saturated heterocycles. The first-order chi connectivity index (χ1) is 15.1. The van der Waals surface area contributed by atoms with Gasteiger partial charge in [-0.25, -0.2) is 0 Å². The number of anilines is 1. The maximum Gasteiger partial charge on any atom is 0.416 e. The van der Waals surface area contributed by atoms with E-state index in [4.69, 9.17) is 21.7 Å². The molecule has 0 saturated carbocycles. The van der Waals surface area contributed by atoms with Gasteiger partial charge in [0.25, 0.3) is 11.8 Å². The minimum Gasteiger partial charge on any atom is -0.493 e. The van der Waals surface area contributed by atoms with Crippen LogP contribution in [0.4, 0.5) is 18.9 Å². The van der Waals surface area contributed by atoms with Crippen molar-refractivity contribution in [1.82, 2.24) is 5.32 Å². The average molecular weight is 529 g/mol. The summed E-state index contributed by atoms with van der Waals surface area (Å²) in [5, 5.41) is 2.03. The summed E-state index contributed by atoms with van der Waals surface area (Å²) in [6, 6.07) is 7.29. The van der Waals surface area contributed by atoms with Gasteiger partial charge in [0.1, 0.15) is 5.57 Å². The van der Waals surface area contributed by atoms with Crippen LogP contribution in [0.25, 0.3) is 6.08 Å². The molecule has 2 aromatic rings. The van der Waals surface area contributed by atoms with Crippen molar-refractivity contribution in [3.8, 4) is 11.5 Å². The molecule has 1 N–H and O–H groups in total. The lowest BCUT2D eigenvalue weighted by atomic mass is 10.1. The summed E-state index contributed by atoms with van der Waals surface area (Å²) >= 11 is 8.41. The Bertz CT molecular complexity index is 1130. The SMILES string of the molecule is CCOc1cc(/C=C2\C(=O)NC(=S)N(c3cccc(C(F)(F)F)c3)C2=O)c(Br)cc1OC. The third kappa shape index (κ3) is 4.78. The van der Waals surface area contributed by atoms with Crippen LogP contribution < -0.4 is 19.7 Å². The molecule has 0 unspecified atom stereocenters. The van der Waals surface area contributed by atoms with Gasteiger partial charge in [-0.15, -0.1) is 0 Å². The van der Waals surface area contributed by atoms with Gasteiger partial charge in [-0.2, -0.15) is 13.2 Å². The van der Waals surface area contributed by atoms with Gasteiger partial charge in [-0.3, -0.25) is 19.8 Å². The zero-order valence-electron chi connectivity index (χ0n) is 16.7. The van der Waals surface area contributed by atoms with Crippen LogP contribution in [0.2, 0.25) is 0 Å². The van der Waals surface area contributed by atoms with Gasteiger partial charge in [-0.05, 0) is 61.1 Å². The Hall–Kier alpha value is -2.92. The number of nitrogens with zero attached hydrogens (tertiary/aromatic N) is 1. The third-order valence-corrected chi connectivity index (χ3v) is 5.39. The average Bonchev–Trinajstić information content (AvgIpc) is 2.72. The molecule has 0 spiro atoms. The molecule has 0 radical (unpaired) electrons. The molecular weight excluding hydrogens is 513 g/mol. The molecular formula is C21H16BrF3N2O4S. The first-order valence-electron chi connectivity index (χ1n) is 9.15. The maximum atomic E-state index is 13.1. The Labute approximate surface area is 195 Å². The predicted octanol–water partition coefficient (Wildman–Crippen LogP) is 4.71. The van der Waals surface area contributed by atoms with E-state index >= 15 is 0 Å². The number of thiocarbonyl (C=S) groups is 1. The van der Waals surface area contributed by atoms with Crippen LogP contribution in [0.5, 0.6) is 11.5 Å². The summed E-state index contributed by atoms with van der Waals surface area (Å²) in [5.41, 5.74) is -0.967. The van der Waals surface area contributed by atoms with Gasteiger partial charge >= 0.3 is 6.18 Å². The van der Waals surface area contributed by atoms with E-state index in [9.17, 15) is 22.8 Å². The van der Waals surface area contributed by atoms with E-state index in [1.165, 1.54) is 19.3 Å². The van der Waals surface area contributed by atoms with Crippen molar-refractivity contribution in [2.24, 2.45) is 0 Å². The van der Waals surface area contributed by atoms with Gasteiger partial charge in [0.15, 0.2) is 16.6 Å². The summed E-state index contributed by atoms with van der Waals surface area (Å²) < 4.78 is 50.6. The molecule has 1 fully saturated rings. The normalized spacial score (nSPS) is 15.8. The second-order valence-corrected chi connectivity index (χ2v) is 7.70. The third-order valence-electron chi connectivity index (χ3n) is 4.42. The highest BCUT2D eigenvalue weighted by Crippen LogP contribution is 2.36. The number of amides is 2. The highest BCUT2D eigenvalue weighted by atomic mass is 79.9. The second kappa shape index (κ2) is 9.29. The molecule has 1 heterocycles. The van der Waals surface area contributed by atoms with Gasteiger partial charge in [0.05, 0.1) is 25.0 Å². The van der Waals surface area contributed by atoms with Crippen LogP contribution in [0, 0.1) is 0 Å². The lowest BCUT2D eigenvalue weighted by Crippen LogP contribution is -2.54. The number of carbonyl (C=O) groups excluding carboxylic acids is 2. The Morgan fingerprint density at radius 3 is 2.53 bits per heavy atom. The fraction of sp³-hybridized carbons (Fsp3) is 0.190. The second-order valence-electron chi connectivity index (χ2n) is 6.46. The highest BCUT2D eigenvalue weighted by Gasteiger charge is 2.36. The van der Waals surface area contributed by atoms with E-state index in [0.717, 1.165) is 23.1 Å². The molecule has 3 rings (SSSR count). The molecule has 0 aliphatic carbocycles. The molecule has 1 aliphatic rings. The standard InChI is InChI=1S/C21H16BrF3N2O4S/c1-3-31-17-8-11(15(22)10-16(17)30-2)7-14-18(28)26-20(32)27(19(14)29)13-6-4-5-12(9-13)21(23,24)25/h4-10H,3H2,1-2H3,(H,26,28,32)/b14-7+. The van der Waals surface area contributed by atoms with Crippen LogP contribution in [0.3, 0.4) is 0 Å². The topological polar surface area (TPSA) is 67.9 Å². The van der Waals surface area contributed by atoms with Crippen molar-refractivity contribution in [3.05, 3.63) is 57.6 Å². The van der Waals surface area contributed by atoms with Crippen molar-refractivity contribution in [2.75, 3.05) is 18.6 Å². The smallest absolute Gasteiger partial charge is 0.416 e. The predicted molar refractivity (Wildman–Crippen MR) is 120 cm³/mol. The Balaban J connectivity index is 2.06. The molecule has 0 aromatic heterocycles. The number of halogens is 4. The lowest BCUT2D eigenvalue weighted by Gasteiger charge is -2.29. The first kappa shape index (κ1) is 23.7. The largest absolute Gasteiger partial charge is 0.493 e. The van der Waals surface area contributed by atoms with Crippen LogP contribution >= 0.6 is 28.1 Å². The van der Waals surface area contributed by atoms with Crippen molar-refractivity contribution < 1.29 is 32.2 Å². The van der Waals surface area contributed by atoms with E-state index in [0.29, 0.717) is 28.1 Å². The van der Waals surface area contributed by atoms with Crippen molar-refractivity contribution in [3.63, 3.8) is 0 Å². The number of methoxy groups -OCH3 is 1. The molecule has 0 atom stereocenters. The van der Waals surface area contributed by atoms with E-state index in [1.807, 2.05) is 0 Å². The van der Waals surface area contributed by atoms with E-state index < -0.39 is 23.6 Å². The van der Waals surface area contributed by atoms with Gasteiger partial charge in [-0.1, -0.05) is 22.0 Å². The lowest BCUT2D eigenvalue weighted by molar-refractivity contribution is -0.137. The Morgan fingerprint density at radius 2 is 1.91 bits per heavy atom. The first-order valence-corrected chi connectivity index (χ1v) is 10.4. The summed E-state index contributed by atoms with van der Waals surface area (Å²) in [6.07, 6.45) is -3.31. The van der Waals surface area contributed by atoms with Crippen LogP contribution in [-0.4, -0.2) is 30.6 Å². The monoisotopic (exact) mass is 528 g/mol. The van der Waals surface area contributed by atoms with Crippen LogP contribution in [0.15, 0.2) is 46.4 Å². The fourth-order valence-corrected chi connectivity index (χ4v) is 3.68. The molecule has 2 amide bonds. The quantitative estimate of drug-likeness (QED) is 0.346. The van der Waals surface area contributed by atoms with Crippen LogP contribution in [0.1, 0.15) is 18.1 Å².